The fourth-order valence-electron chi connectivity index (χ4n) is 1.85. The van der Waals surface area contributed by atoms with E-state index in [0.717, 1.165) is 11.1 Å². The largest absolute Gasteiger partial charge is 0.324 e. The Morgan fingerprint density at radius 1 is 0.842 bits per heavy atom. The topological polar surface area (TPSA) is 26.0 Å². The third-order valence-corrected chi connectivity index (χ3v) is 3.99. The molecule has 1 nitrogen and oxygen atoms in total. The van der Waals surface area contributed by atoms with Gasteiger partial charge in [-0.3, -0.25) is 0 Å². The van der Waals surface area contributed by atoms with Crippen molar-refractivity contribution in [3.63, 3.8) is 0 Å². The van der Waals surface area contributed by atoms with Crippen LogP contribution in [0.2, 0.25) is 20.1 Å². The van der Waals surface area contributed by atoms with Gasteiger partial charge in [-0.2, -0.15) is 0 Å². The molecule has 0 aliphatic carbocycles. The van der Waals surface area contributed by atoms with E-state index in [1.807, 2.05) is 6.07 Å². The molecule has 5 heteroatoms. The summed E-state index contributed by atoms with van der Waals surface area (Å²) in [6.45, 7) is 0. The van der Waals surface area contributed by atoms with E-state index < -0.39 is 0 Å². The Hall–Kier alpha value is -0.440. The van der Waals surface area contributed by atoms with Gasteiger partial charge >= 0.3 is 0 Å². The van der Waals surface area contributed by atoms with Crippen molar-refractivity contribution in [1.29, 1.82) is 0 Å². The van der Waals surface area contributed by atoms with Gasteiger partial charge in [-0.25, -0.2) is 0 Å². The molecule has 0 radical (unpaired) electrons. The van der Waals surface area contributed by atoms with E-state index in [0.29, 0.717) is 26.5 Å². The highest BCUT2D eigenvalue weighted by atomic mass is 35.5. The molecule has 0 spiro atoms. The molecule has 19 heavy (non-hydrogen) atoms. The molecule has 1 atom stereocenters. The van der Waals surface area contributed by atoms with E-state index in [4.69, 9.17) is 52.1 Å². The smallest absolute Gasteiger partial charge is 0.0454 e. The maximum absolute atomic E-state index is 6.17. The number of halogens is 4. The Labute approximate surface area is 132 Å². The molecule has 0 saturated heterocycles. The van der Waals surface area contributed by atoms with Gasteiger partial charge in [-0.1, -0.05) is 46.4 Å². The van der Waals surface area contributed by atoms with Crippen molar-refractivity contribution in [2.24, 2.45) is 5.73 Å². The lowest BCUT2D eigenvalue weighted by atomic mass is 9.99. The van der Waals surface area contributed by atoms with Crippen LogP contribution in [0.5, 0.6) is 0 Å². The predicted molar refractivity (Wildman–Crippen MR) is 83.6 cm³/mol. The summed E-state index contributed by atoms with van der Waals surface area (Å²) >= 11 is 24.2. The van der Waals surface area contributed by atoms with Crippen molar-refractivity contribution >= 4 is 46.4 Å². The predicted octanol–water partition coefficient (Wildman–Crippen LogP) is 5.54. The van der Waals surface area contributed by atoms with Gasteiger partial charge < -0.3 is 5.73 Å². The highest BCUT2D eigenvalue weighted by Gasteiger charge is 2.13. The lowest BCUT2D eigenvalue weighted by molar-refractivity contribution is 0.722. The maximum atomic E-state index is 6.17. The first-order valence-electron chi connectivity index (χ1n) is 5.62. The second-order valence-corrected chi connectivity index (χ2v) is 5.90. The van der Waals surface area contributed by atoms with E-state index in [9.17, 15) is 0 Å². The number of benzene rings is 2. The third-order valence-electron chi connectivity index (χ3n) is 2.81. The summed E-state index contributed by atoms with van der Waals surface area (Å²) in [5.74, 6) is 0. The number of nitrogens with two attached hydrogens (primary N) is 1. The molecule has 0 amide bonds. The molecule has 100 valence electrons. The van der Waals surface area contributed by atoms with Crippen LogP contribution in [0.25, 0.3) is 0 Å². The lowest BCUT2D eigenvalue weighted by Crippen LogP contribution is -2.14. The third kappa shape index (κ3) is 3.77. The molecule has 0 fully saturated rings. The van der Waals surface area contributed by atoms with Crippen LogP contribution in [-0.4, -0.2) is 0 Å². The van der Waals surface area contributed by atoms with Gasteiger partial charge in [0.1, 0.15) is 0 Å². The first-order chi connectivity index (χ1) is 8.97. The summed E-state index contributed by atoms with van der Waals surface area (Å²) in [4.78, 5) is 0. The first kappa shape index (κ1) is 15.0. The van der Waals surface area contributed by atoms with Crippen molar-refractivity contribution in [3.05, 3.63) is 67.6 Å². The van der Waals surface area contributed by atoms with Gasteiger partial charge in [0.2, 0.25) is 0 Å². The number of hydrogen-bond donors (Lipinski definition) is 1. The van der Waals surface area contributed by atoms with Crippen LogP contribution in [-0.2, 0) is 6.42 Å². The minimum atomic E-state index is -0.290. The second-order valence-electron chi connectivity index (χ2n) is 4.21. The Bertz CT molecular complexity index is 598. The Morgan fingerprint density at radius 3 is 2.11 bits per heavy atom. The fourth-order valence-corrected chi connectivity index (χ4v) is 2.67. The molecule has 0 aromatic heterocycles. The van der Waals surface area contributed by atoms with Crippen LogP contribution in [0.4, 0.5) is 0 Å². The van der Waals surface area contributed by atoms with E-state index in [1.54, 1.807) is 30.3 Å². The zero-order chi connectivity index (χ0) is 14.0. The molecule has 2 aromatic carbocycles. The monoisotopic (exact) mass is 333 g/mol. The van der Waals surface area contributed by atoms with E-state index in [2.05, 4.69) is 0 Å². The Morgan fingerprint density at radius 2 is 1.42 bits per heavy atom. The van der Waals surface area contributed by atoms with E-state index in [1.165, 1.54) is 0 Å². The Balaban J connectivity index is 2.27. The first-order valence-corrected chi connectivity index (χ1v) is 7.13. The summed E-state index contributed by atoms with van der Waals surface area (Å²) < 4.78 is 0. The van der Waals surface area contributed by atoms with Gasteiger partial charge in [0, 0.05) is 26.1 Å². The standard InChI is InChI=1S/C14H11Cl4N/c15-9-1-3-12(17)8(5-9)6-14(19)11-7-10(16)2-4-13(11)18/h1-5,7,14H,6,19H2. The zero-order valence-corrected chi connectivity index (χ0v) is 12.9. The summed E-state index contributed by atoms with van der Waals surface area (Å²) in [5, 5.41) is 2.46. The van der Waals surface area contributed by atoms with Gasteiger partial charge in [-0.05, 0) is 53.9 Å². The van der Waals surface area contributed by atoms with E-state index >= 15 is 0 Å². The fraction of sp³-hybridized carbons (Fsp3) is 0.143. The van der Waals surface area contributed by atoms with Crippen LogP contribution >= 0.6 is 46.4 Å². The molecule has 1 unspecified atom stereocenters. The van der Waals surface area contributed by atoms with Crippen molar-refractivity contribution < 1.29 is 0 Å². The lowest BCUT2D eigenvalue weighted by Gasteiger charge is -2.15. The van der Waals surface area contributed by atoms with Crippen LogP contribution in [0.3, 0.4) is 0 Å². The number of hydrogen-bond acceptors (Lipinski definition) is 1. The molecule has 0 bridgehead atoms. The minimum Gasteiger partial charge on any atom is -0.324 e. The Kier molecular flexibility index (Phi) is 4.99. The average Bonchev–Trinajstić information content (AvgIpc) is 2.36. The van der Waals surface area contributed by atoms with Gasteiger partial charge in [-0.15, -0.1) is 0 Å². The SMILES string of the molecule is NC(Cc1cc(Cl)ccc1Cl)c1cc(Cl)ccc1Cl. The summed E-state index contributed by atoms with van der Waals surface area (Å²) in [6, 6.07) is 10.2. The molecular weight excluding hydrogens is 324 g/mol. The second kappa shape index (κ2) is 6.34. The highest BCUT2D eigenvalue weighted by molar-refractivity contribution is 6.34. The quantitative estimate of drug-likeness (QED) is 0.783. The van der Waals surface area contributed by atoms with Crippen molar-refractivity contribution in [1.82, 2.24) is 0 Å². The van der Waals surface area contributed by atoms with Crippen LogP contribution in [0.1, 0.15) is 17.2 Å². The zero-order valence-electron chi connectivity index (χ0n) is 9.84. The van der Waals surface area contributed by atoms with Crippen molar-refractivity contribution in [3.8, 4) is 0 Å². The van der Waals surface area contributed by atoms with Crippen LogP contribution in [0.15, 0.2) is 36.4 Å². The molecule has 0 aliphatic heterocycles. The summed E-state index contributed by atoms with van der Waals surface area (Å²) in [6.07, 6.45) is 0.541. The molecule has 2 N–H and O–H groups in total. The van der Waals surface area contributed by atoms with E-state index in [-0.39, 0.29) is 6.04 Å². The van der Waals surface area contributed by atoms with Crippen molar-refractivity contribution in [2.75, 3.05) is 0 Å². The molecule has 2 rings (SSSR count). The van der Waals surface area contributed by atoms with Gasteiger partial charge in [0.25, 0.3) is 0 Å². The molecule has 0 aliphatic rings. The molecule has 0 saturated carbocycles. The molecule has 0 heterocycles. The van der Waals surface area contributed by atoms with Gasteiger partial charge in [0.15, 0.2) is 0 Å². The normalized spacial score (nSPS) is 12.5. The maximum Gasteiger partial charge on any atom is 0.0454 e. The molecule has 2 aromatic rings. The van der Waals surface area contributed by atoms with Crippen molar-refractivity contribution in [2.45, 2.75) is 12.5 Å². The van der Waals surface area contributed by atoms with Crippen LogP contribution in [0, 0.1) is 0 Å². The average molecular weight is 335 g/mol. The van der Waals surface area contributed by atoms with Gasteiger partial charge in [0.05, 0.1) is 0 Å². The minimum absolute atomic E-state index is 0.290. The van der Waals surface area contributed by atoms with Crippen LogP contribution < -0.4 is 5.73 Å². The molecular formula is C14H11Cl4N. The number of rotatable bonds is 3. The summed E-state index contributed by atoms with van der Waals surface area (Å²) in [7, 11) is 0. The highest BCUT2D eigenvalue weighted by Crippen LogP contribution is 2.30. The summed E-state index contributed by atoms with van der Waals surface area (Å²) in [5.41, 5.74) is 7.85.